The third-order valence-electron chi connectivity index (χ3n) is 7.51. The Labute approximate surface area is 252 Å². The first-order valence-electron chi connectivity index (χ1n) is 14.2. The molecule has 0 saturated carbocycles. The van der Waals surface area contributed by atoms with Crippen LogP contribution in [0.4, 0.5) is 33.4 Å². The van der Waals surface area contributed by atoms with Crippen LogP contribution in [0.25, 0.3) is 0 Å². The number of hydrogen-bond donors (Lipinski definition) is 5. The van der Waals surface area contributed by atoms with Crippen LogP contribution in [0.2, 0.25) is 0 Å². The van der Waals surface area contributed by atoms with Gasteiger partial charge in [-0.25, -0.2) is 4.79 Å². The lowest BCUT2D eigenvalue weighted by atomic mass is 10.0. The van der Waals surface area contributed by atoms with Gasteiger partial charge in [0.05, 0.1) is 23.8 Å². The van der Waals surface area contributed by atoms with Gasteiger partial charge >= 0.3 is 6.03 Å². The van der Waals surface area contributed by atoms with Crippen molar-refractivity contribution in [2.24, 2.45) is 0 Å². The Kier molecular flexibility index (Phi) is 8.49. The molecule has 5 rings (SSSR count). The van der Waals surface area contributed by atoms with E-state index in [4.69, 9.17) is 0 Å². The largest absolute Gasteiger partial charge is 0.355 e. The summed E-state index contributed by atoms with van der Waals surface area (Å²) in [5.74, 6) is 0.433. The normalized spacial score (nSPS) is 14.1. The molecule has 0 fully saturated rings. The number of urea groups is 1. The van der Waals surface area contributed by atoms with E-state index in [2.05, 4.69) is 42.9 Å². The second kappa shape index (κ2) is 12.4. The molecule has 10 nitrogen and oxygen atoms in total. The van der Waals surface area contributed by atoms with E-state index in [1.807, 2.05) is 112 Å². The molecule has 4 aromatic rings. The Balaban J connectivity index is 1.28. The van der Waals surface area contributed by atoms with Crippen molar-refractivity contribution in [2.75, 3.05) is 36.6 Å². The predicted octanol–water partition coefficient (Wildman–Crippen LogP) is 6.08. The van der Waals surface area contributed by atoms with Crippen LogP contribution in [-0.2, 0) is 16.9 Å². The first-order chi connectivity index (χ1) is 20.6. The van der Waals surface area contributed by atoms with Crippen molar-refractivity contribution in [3.05, 3.63) is 108 Å². The molecule has 3 aromatic carbocycles. The molecule has 222 valence electrons. The van der Waals surface area contributed by atoms with Gasteiger partial charge in [-0.05, 0) is 82.0 Å². The number of aromatic amines is 1. The van der Waals surface area contributed by atoms with Crippen LogP contribution < -0.4 is 21.3 Å². The van der Waals surface area contributed by atoms with E-state index in [0.29, 0.717) is 24.6 Å². The van der Waals surface area contributed by atoms with Crippen LogP contribution in [0, 0.1) is 0 Å². The summed E-state index contributed by atoms with van der Waals surface area (Å²) >= 11 is 0. The molecular weight excluding hydrogens is 540 g/mol. The summed E-state index contributed by atoms with van der Waals surface area (Å²) in [5, 5.41) is 20.6. The molecule has 0 unspecified atom stereocenters. The monoisotopic (exact) mass is 578 g/mol. The third-order valence-corrected chi connectivity index (χ3v) is 7.51. The van der Waals surface area contributed by atoms with Gasteiger partial charge in [-0.15, -0.1) is 0 Å². The van der Waals surface area contributed by atoms with E-state index >= 15 is 0 Å². The number of rotatable bonds is 10. The number of aromatic nitrogens is 2. The number of likely N-dealkylation sites (N-methyl/N-ethyl adjacent to an activating group) is 1. The lowest BCUT2D eigenvalue weighted by Crippen LogP contribution is -2.48. The lowest BCUT2D eigenvalue weighted by Gasteiger charge is -2.34. The van der Waals surface area contributed by atoms with Gasteiger partial charge in [0, 0.05) is 34.9 Å². The zero-order valence-corrected chi connectivity index (χ0v) is 24.9. The van der Waals surface area contributed by atoms with Gasteiger partial charge in [0.15, 0.2) is 5.82 Å². The molecule has 1 atom stereocenters. The van der Waals surface area contributed by atoms with Crippen molar-refractivity contribution in [1.29, 1.82) is 0 Å². The van der Waals surface area contributed by atoms with Gasteiger partial charge in [0.2, 0.25) is 5.91 Å². The molecule has 1 aliphatic heterocycles. The molecular formula is C33H38N8O2. The van der Waals surface area contributed by atoms with E-state index in [-0.39, 0.29) is 18.0 Å². The summed E-state index contributed by atoms with van der Waals surface area (Å²) in [4.78, 5) is 29.1. The summed E-state index contributed by atoms with van der Waals surface area (Å²) in [6, 6.07) is 25.1. The zero-order chi connectivity index (χ0) is 30.6. The van der Waals surface area contributed by atoms with Gasteiger partial charge in [-0.2, -0.15) is 5.10 Å². The Morgan fingerprint density at radius 3 is 2.33 bits per heavy atom. The molecule has 0 bridgehead atoms. The number of benzene rings is 3. The Morgan fingerprint density at radius 2 is 1.65 bits per heavy atom. The number of carbonyl (C=O) groups is 2. The molecule has 0 spiro atoms. The van der Waals surface area contributed by atoms with Crippen LogP contribution in [0.3, 0.4) is 0 Å². The van der Waals surface area contributed by atoms with Crippen LogP contribution in [0.15, 0.2) is 91.5 Å². The molecule has 0 aliphatic carbocycles. The summed E-state index contributed by atoms with van der Waals surface area (Å²) < 4.78 is 0. The van der Waals surface area contributed by atoms with Crippen LogP contribution in [0.1, 0.15) is 36.7 Å². The quantitative estimate of drug-likeness (QED) is 0.146. The summed E-state index contributed by atoms with van der Waals surface area (Å²) in [5.41, 5.74) is 5.66. The Bertz CT molecular complexity index is 1590. The molecule has 0 radical (unpaired) electrons. The van der Waals surface area contributed by atoms with E-state index in [1.165, 1.54) is 6.08 Å². The topological polar surface area (TPSA) is 117 Å². The maximum Gasteiger partial charge on any atom is 0.319 e. The predicted molar refractivity (Wildman–Crippen MR) is 172 cm³/mol. The maximum absolute atomic E-state index is 13.7. The highest BCUT2D eigenvalue weighted by Gasteiger charge is 2.44. The van der Waals surface area contributed by atoms with Crippen LogP contribution in [0.5, 0.6) is 0 Å². The fraction of sp³-hybridized carbons (Fsp3) is 0.242. The molecule has 5 N–H and O–H groups in total. The minimum absolute atomic E-state index is 0.127. The van der Waals surface area contributed by atoms with Crippen molar-refractivity contribution in [2.45, 2.75) is 32.0 Å². The van der Waals surface area contributed by atoms with E-state index in [0.717, 1.165) is 33.9 Å². The first kappa shape index (κ1) is 29.4. The lowest BCUT2D eigenvalue weighted by molar-refractivity contribution is -0.111. The van der Waals surface area contributed by atoms with Crippen LogP contribution >= 0.6 is 0 Å². The van der Waals surface area contributed by atoms with Crippen molar-refractivity contribution in [3.63, 3.8) is 0 Å². The van der Waals surface area contributed by atoms with Gasteiger partial charge in [-0.1, -0.05) is 43.0 Å². The van der Waals surface area contributed by atoms with Crippen molar-refractivity contribution >= 4 is 40.5 Å². The molecule has 3 amide bonds. The molecule has 10 heteroatoms. The van der Waals surface area contributed by atoms with Crippen molar-refractivity contribution in [1.82, 2.24) is 25.3 Å². The highest BCUT2D eigenvalue weighted by atomic mass is 16.2. The van der Waals surface area contributed by atoms with Crippen molar-refractivity contribution in [3.8, 4) is 0 Å². The van der Waals surface area contributed by atoms with Gasteiger partial charge in [0.25, 0.3) is 0 Å². The fourth-order valence-corrected chi connectivity index (χ4v) is 5.27. The third kappa shape index (κ3) is 6.70. The van der Waals surface area contributed by atoms with Crippen molar-refractivity contribution < 1.29 is 9.59 Å². The van der Waals surface area contributed by atoms with Gasteiger partial charge in [0.1, 0.15) is 0 Å². The summed E-state index contributed by atoms with van der Waals surface area (Å²) in [6.45, 7) is 8.64. The fourth-order valence-electron chi connectivity index (χ4n) is 5.27. The number of nitrogens with one attached hydrogen (secondary N) is 5. The number of carbonyl (C=O) groups excluding carboxylic acids is 2. The molecule has 1 aliphatic rings. The number of amides is 3. The number of fused-ring (bicyclic) bond motifs is 1. The van der Waals surface area contributed by atoms with E-state index in [1.54, 1.807) is 0 Å². The highest BCUT2D eigenvalue weighted by molar-refractivity contribution is 5.99. The summed E-state index contributed by atoms with van der Waals surface area (Å²) in [6.07, 6.45) is 1.24. The molecule has 1 aromatic heterocycles. The average Bonchev–Trinajstić information content (AvgIpc) is 3.51. The van der Waals surface area contributed by atoms with E-state index in [9.17, 15) is 9.59 Å². The molecule has 2 heterocycles. The summed E-state index contributed by atoms with van der Waals surface area (Å²) in [7, 11) is 4.01. The SMILES string of the molecule is C=CC(=O)Nc1ccc(Nc2cccc(Nc3n[nH]c4c3CN(C(=O)N[C@H](CN(C)C)c3ccccc3)C4(C)C)c2)cc1. The van der Waals surface area contributed by atoms with Gasteiger partial charge < -0.3 is 31.1 Å². The first-order valence-corrected chi connectivity index (χ1v) is 14.2. The Hall–Kier alpha value is -5.09. The average molecular weight is 579 g/mol. The van der Waals surface area contributed by atoms with Gasteiger partial charge in [-0.3, -0.25) is 9.89 Å². The number of hydrogen-bond acceptors (Lipinski definition) is 6. The van der Waals surface area contributed by atoms with E-state index < -0.39 is 5.54 Å². The highest BCUT2D eigenvalue weighted by Crippen LogP contribution is 2.41. The minimum atomic E-state index is -0.577. The maximum atomic E-state index is 13.7. The minimum Gasteiger partial charge on any atom is -0.355 e. The number of H-pyrrole nitrogens is 1. The molecule has 0 saturated heterocycles. The second-order valence-electron chi connectivity index (χ2n) is 11.3. The number of nitrogens with zero attached hydrogens (tertiary/aromatic N) is 3. The van der Waals surface area contributed by atoms with Crippen LogP contribution in [-0.4, -0.2) is 52.6 Å². The molecule has 43 heavy (non-hydrogen) atoms. The smallest absolute Gasteiger partial charge is 0.319 e. The zero-order valence-electron chi connectivity index (χ0n) is 24.9. The number of anilines is 5. The second-order valence-corrected chi connectivity index (χ2v) is 11.3. The standard InChI is InChI=1S/C33H38N8O2/c1-6-29(42)35-24-17-15-23(16-18-24)34-25-13-10-14-26(19-25)36-31-27-20-41(33(2,3)30(27)38-39-31)32(43)37-28(21-40(4)5)22-11-8-7-9-12-22/h6-19,28,34H,1,20-21H2,2-5H3,(H,35,42)(H,37,43)(H2,36,38,39)/t28-/m1/s1. The Morgan fingerprint density at radius 1 is 0.977 bits per heavy atom.